The quantitative estimate of drug-likeness (QED) is 0.0346. The number of nitrogens with two attached hydrogens (primary N) is 7. The van der Waals surface area contributed by atoms with E-state index in [1.807, 2.05) is 41.5 Å². The first kappa shape index (κ1) is 123. The Kier molecular flexibility index (Phi) is 58.0. The minimum absolute atomic E-state index is 0.00637. The minimum atomic E-state index is -1.46. The van der Waals surface area contributed by atoms with Crippen molar-refractivity contribution in [2.45, 2.75) is 375 Å². The van der Waals surface area contributed by atoms with Crippen LogP contribution >= 0.6 is 0 Å². The van der Waals surface area contributed by atoms with E-state index in [2.05, 4.69) is 95.4 Å². The van der Waals surface area contributed by atoms with Crippen LogP contribution in [-0.2, 0) is 92.7 Å². The van der Waals surface area contributed by atoms with Gasteiger partial charge in [-0.25, -0.2) is 0 Å². The second-order valence-electron chi connectivity index (χ2n) is 38.8. The van der Waals surface area contributed by atoms with Gasteiger partial charge in [-0.2, -0.15) is 0 Å². The number of H-pyrrole nitrogens is 1. The second-order valence-corrected chi connectivity index (χ2v) is 38.8. The van der Waals surface area contributed by atoms with E-state index in [-0.39, 0.29) is 132 Å². The lowest BCUT2D eigenvalue weighted by atomic mass is 10.00. The first-order valence-corrected chi connectivity index (χ1v) is 49.2. The van der Waals surface area contributed by atoms with Crippen molar-refractivity contribution >= 4 is 117 Å². The van der Waals surface area contributed by atoms with Crippen LogP contribution in [0.1, 0.15) is 265 Å². The fourth-order valence-corrected chi connectivity index (χ4v) is 15.0. The number of carbonyl (C=O) groups excluding carboxylic acids is 18. The molecule has 43 nitrogen and oxygen atoms in total. The van der Waals surface area contributed by atoms with E-state index in [4.69, 9.17) is 40.1 Å². The van der Waals surface area contributed by atoms with Crippen molar-refractivity contribution in [3.05, 3.63) is 36.0 Å². The molecular weight excluding hydrogens is 1780 g/mol. The molecule has 1 aromatic carbocycles. The SMILES string of the molecule is CC(C)C[C@H](NC(=O)[C@H](C)NC(=O)[C@H](CC(C)C)NC(=O)[C@H](CCCCN)NC(=O)[C@H](CC(C)C)NC(=O)[C@H](C)NC(=O)[C@H](CC(C)C)NC(=O)[C@@H](N)CCCCN)C(=O)N[C@@H](CCCCN)C(=O)N[C@@H](C)C(=O)N[C@@H](Cc1c[nH]c2ccccc12)C(=O)N[C@@H](CCCCN)C(=O)N[C@@H](C)C(=O)N[C@@H](C)C(=O)N[C@@H](CC(C)C)C(=O)N[C@@H](CCCCN)C(=O)N[C@@H](CC(C)C)C(=O)N[C@@H](C)C(N)=O. The first-order valence-electron chi connectivity index (χ1n) is 49.2. The Balaban J connectivity index is 2.44. The number of nitrogens with one attached hydrogen (secondary N) is 18. The number of benzene rings is 1. The van der Waals surface area contributed by atoms with Crippen LogP contribution in [0.15, 0.2) is 30.5 Å². The molecule has 0 spiro atoms. The normalized spacial score (nSPS) is 15.4. The maximum absolute atomic E-state index is 14.9. The zero-order valence-corrected chi connectivity index (χ0v) is 84.7. The predicted octanol–water partition coefficient (Wildman–Crippen LogP) is -1.19. The Morgan fingerprint density at radius 3 is 0.725 bits per heavy atom. The second kappa shape index (κ2) is 65.0. The van der Waals surface area contributed by atoms with Gasteiger partial charge in [-0.15, -0.1) is 0 Å². The van der Waals surface area contributed by atoms with Crippen molar-refractivity contribution in [3.8, 4) is 0 Å². The molecule has 0 bridgehead atoms. The molecule has 0 radical (unpaired) electrons. The summed E-state index contributed by atoms with van der Waals surface area (Å²) < 4.78 is 0. The number of aromatic nitrogens is 1. The molecule has 138 heavy (non-hydrogen) atoms. The van der Waals surface area contributed by atoms with Gasteiger partial charge < -0.3 is 136 Å². The summed E-state index contributed by atoms with van der Waals surface area (Å²) in [5, 5.41) is 46.4. The molecular formula is C95H169N25O18. The lowest BCUT2D eigenvalue weighted by Gasteiger charge is -2.28. The van der Waals surface area contributed by atoms with Crippen LogP contribution in [0.3, 0.4) is 0 Å². The average Bonchev–Trinajstić information content (AvgIpc) is 1.68. The predicted molar refractivity (Wildman–Crippen MR) is 527 cm³/mol. The highest BCUT2D eigenvalue weighted by molar-refractivity contribution is 6.02. The lowest BCUT2D eigenvalue weighted by molar-refractivity contribution is -0.136. The fourth-order valence-electron chi connectivity index (χ4n) is 15.0. The zero-order chi connectivity index (χ0) is 104. The van der Waals surface area contributed by atoms with E-state index in [0.717, 1.165) is 0 Å². The van der Waals surface area contributed by atoms with E-state index < -0.39 is 215 Å². The Morgan fingerprint density at radius 1 is 0.246 bits per heavy atom. The van der Waals surface area contributed by atoms with E-state index in [9.17, 15) is 86.3 Å². The van der Waals surface area contributed by atoms with Gasteiger partial charge in [0, 0.05) is 23.5 Å². The smallest absolute Gasteiger partial charge is 0.243 e. The highest BCUT2D eigenvalue weighted by Crippen LogP contribution is 2.22. The van der Waals surface area contributed by atoms with Crippen LogP contribution < -0.4 is 131 Å². The number of para-hydroxylation sites is 1. The molecule has 0 aliphatic carbocycles. The van der Waals surface area contributed by atoms with Crippen LogP contribution in [-0.4, -0.2) is 253 Å². The Morgan fingerprint density at radius 2 is 0.449 bits per heavy atom. The number of rotatable bonds is 69. The van der Waals surface area contributed by atoms with E-state index in [0.29, 0.717) is 93.6 Å². The van der Waals surface area contributed by atoms with Crippen molar-refractivity contribution in [2.24, 2.45) is 75.6 Å². The zero-order valence-electron chi connectivity index (χ0n) is 84.7. The van der Waals surface area contributed by atoms with E-state index in [1.165, 1.54) is 41.5 Å². The maximum Gasteiger partial charge on any atom is 0.243 e. The van der Waals surface area contributed by atoms with Crippen molar-refractivity contribution in [1.29, 1.82) is 0 Å². The third-order valence-corrected chi connectivity index (χ3v) is 22.9. The largest absolute Gasteiger partial charge is 0.368 e. The molecule has 0 unspecified atom stereocenters. The first-order chi connectivity index (χ1) is 64.9. The third kappa shape index (κ3) is 47.1. The molecule has 18 amide bonds. The highest BCUT2D eigenvalue weighted by atomic mass is 16.2. The number of hydrogen-bond donors (Lipinski definition) is 25. The van der Waals surface area contributed by atoms with E-state index >= 15 is 0 Å². The summed E-state index contributed by atoms with van der Waals surface area (Å²) in [4.78, 5) is 256. The highest BCUT2D eigenvalue weighted by Gasteiger charge is 2.39. The summed E-state index contributed by atoms with van der Waals surface area (Å²) in [5.41, 5.74) is 41.8. The van der Waals surface area contributed by atoms with Crippen LogP contribution in [0, 0.1) is 35.5 Å². The number of hydrogen-bond acceptors (Lipinski definition) is 24. The van der Waals surface area contributed by atoms with Gasteiger partial charge in [0.15, 0.2) is 0 Å². The molecule has 18 atom stereocenters. The van der Waals surface area contributed by atoms with Gasteiger partial charge in [-0.05, 0) is 250 Å². The summed E-state index contributed by atoms with van der Waals surface area (Å²) in [5.74, 6) is -14.8. The number of primary amides is 1. The summed E-state index contributed by atoms with van der Waals surface area (Å²) in [6, 6.07) is -15.3. The van der Waals surface area contributed by atoms with Gasteiger partial charge in [-0.3, -0.25) is 86.3 Å². The van der Waals surface area contributed by atoms with E-state index in [1.54, 1.807) is 72.0 Å². The van der Waals surface area contributed by atoms with Gasteiger partial charge >= 0.3 is 0 Å². The molecule has 43 heteroatoms. The van der Waals surface area contributed by atoms with Crippen molar-refractivity contribution in [2.75, 3.05) is 32.7 Å². The molecule has 2 aromatic rings. The topological polar surface area (TPSA) is 710 Å². The number of amides is 18. The lowest BCUT2D eigenvalue weighted by Crippen LogP contribution is -2.60. The molecule has 0 aliphatic heterocycles. The standard InChI is InChI=1S/C95H169N25O18/c1-51(2)43-71(118-84(127)65(101)32-21-26-38-96)90(133)108-61(17)81(124)116-76(48-56(11)12)94(137)113-70(37-25-30-42-100)88(131)120-73(45-53(5)6)91(134)109-62(18)82(125)115-74(46-54(7)8)92(135)110-67(34-22-27-39-97)86(129)107-60(16)83(126)117-77(49-63-50-103-66-33-20-19-31-64(63)66)95(138)111-68(35-23-28-40-98)85(128)106-58(14)79(122)105-59(15)80(123)114-75(47-55(9)10)93(136)112-69(36-24-29-41-99)87(130)119-72(44-52(3)4)89(132)104-57(13)78(102)121/h19-20,31,33,50-62,65,67-77,103H,21-30,32,34-49,96-101H2,1-18H3,(H2,102,121)(H,104,132)(H,105,122)(H,106,128)(H,107,129)(H,108,133)(H,109,134)(H,110,135)(H,111,138)(H,112,136)(H,113,137)(H,114,123)(H,115,125)(H,116,124)(H,117,126)(H,118,127)(H,119,130)(H,120,131)/t57-,58-,59-,60-,61-,62-,65-,67-,68-,69-,70-,71-,72-,73-,74-,75-,76-,77-/m0/s1. The molecule has 0 fully saturated rings. The van der Waals surface area contributed by atoms with Crippen molar-refractivity contribution in [3.63, 3.8) is 0 Å². The number of unbranched alkanes of at least 4 members (excludes halogenated alkanes) is 5. The Labute approximate surface area is 814 Å². The summed E-state index contributed by atoms with van der Waals surface area (Å²) in [6.45, 7) is 31.4. The molecule has 32 N–H and O–H groups in total. The molecule has 0 aliphatic rings. The Hall–Kier alpha value is -11.0. The summed E-state index contributed by atoms with van der Waals surface area (Å²) >= 11 is 0. The molecule has 1 aromatic heterocycles. The third-order valence-electron chi connectivity index (χ3n) is 22.9. The van der Waals surface area contributed by atoms with Gasteiger partial charge in [0.1, 0.15) is 103 Å². The Bertz CT molecular complexity index is 4220. The molecule has 0 saturated carbocycles. The fraction of sp³-hybridized carbons (Fsp3) is 0.726. The van der Waals surface area contributed by atoms with Crippen molar-refractivity contribution < 1.29 is 86.3 Å². The molecule has 2 rings (SSSR count). The molecule has 1 heterocycles. The van der Waals surface area contributed by atoms with Gasteiger partial charge in [0.05, 0.1) is 6.04 Å². The summed E-state index contributed by atoms with van der Waals surface area (Å²) in [7, 11) is 0. The molecule has 0 saturated heterocycles. The van der Waals surface area contributed by atoms with Gasteiger partial charge in [-0.1, -0.05) is 108 Å². The maximum atomic E-state index is 14.9. The number of fused-ring (bicyclic) bond motifs is 1. The minimum Gasteiger partial charge on any atom is -0.368 e. The van der Waals surface area contributed by atoms with Crippen LogP contribution in [0.4, 0.5) is 0 Å². The van der Waals surface area contributed by atoms with Gasteiger partial charge in [0.2, 0.25) is 106 Å². The van der Waals surface area contributed by atoms with Gasteiger partial charge in [0.25, 0.3) is 0 Å². The number of aromatic amines is 1. The van der Waals surface area contributed by atoms with Crippen molar-refractivity contribution in [1.82, 2.24) is 95.4 Å². The molecule has 782 valence electrons. The van der Waals surface area contributed by atoms with Crippen LogP contribution in [0.25, 0.3) is 10.9 Å². The van der Waals surface area contributed by atoms with Crippen LogP contribution in [0.2, 0.25) is 0 Å². The summed E-state index contributed by atoms with van der Waals surface area (Å²) in [6.07, 6.45) is 6.97. The average molecular weight is 1950 g/mol. The van der Waals surface area contributed by atoms with Crippen LogP contribution in [0.5, 0.6) is 0 Å². The number of carbonyl (C=O) groups is 18. The monoisotopic (exact) mass is 1950 g/mol.